The lowest BCUT2D eigenvalue weighted by atomic mass is 10.1. The van der Waals surface area contributed by atoms with Gasteiger partial charge < -0.3 is 4.90 Å². The minimum atomic E-state index is -3.63. The van der Waals surface area contributed by atoms with E-state index in [1.165, 1.54) is 18.5 Å². The first-order valence-electron chi connectivity index (χ1n) is 6.43. The third kappa shape index (κ3) is 3.16. The van der Waals surface area contributed by atoms with Gasteiger partial charge in [-0.1, -0.05) is 0 Å². The van der Waals surface area contributed by atoms with E-state index >= 15 is 0 Å². The Morgan fingerprint density at radius 2 is 2.10 bits per heavy atom. The van der Waals surface area contributed by atoms with Crippen molar-refractivity contribution < 1.29 is 13.2 Å². The van der Waals surface area contributed by atoms with E-state index in [0.29, 0.717) is 6.54 Å². The number of rotatable bonds is 3. The maximum Gasteiger partial charge on any atom is 0.242 e. The molecule has 110 valence electrons. The molecular formula is C13H19N3O3S. The molecule has 1 N–H and O–H groups in total. The molecule has 1 aliphatic rings. The Balaban J connectivity index is 2.11. The highest BCUT2D eigenvalue weighted by Crippen LogP contribution is 2.22. The van der Waals surface area contributed by atoms with E-state index in [4.69, 9.17) is 0 Å². The summed E-state index contributed by atoms with van der Waals surface area (Å²) >= 11 is 0. The van der Waals surface area contributed by atoms with Gasteiger partial charge in [-0.3, -0.25) is 9.78 Å². The average Bonchev–Trinajstić information content (AvgIpc) is 2.70. The van der Waals surface area contributed by atoms with Crippen LogP contribution in [0.5, 0.6) is 0 Å². The van der Waals surface area contributed by atoms with Gasteiger partial charge in [0.25, 0.3) is 0 Å². The summed E-state index contributed by atoms with van der Waals surface area (Å²) in [5.41, 5.74) is -0.300. The second-order valence-electron chi connectivity index (χ2n) is 5.89. The molecule has 1 amide bonds. The van der Waals surface area contributed by atoms with Gasteiger partial charge in [0, 0.05) is 36.9 Å². The maximum atomic E-state index is 12.2. The van der Waals surface area contributed by atoms with Crippen LogP contribution in [-0.4, -0.2) is 42.3 Å². The Morgan fingerprint density at radius 1 is 1.40 bits per heavy atom. The Morgan fingerprint density at radius 3 is 2.60 bits per heavy atom. The van der Waals surface area contributed by atoms with Gasteiger partial charge in [0.05, 0.1) is 0 Å². The molecule has 0 aliphatic carbocycles. The van der Waals surface area contributed by atoms with E-state index in [1.54, 1.807) is 11.0 Å². The number of sulfonamides is 1. The summed E-state index contributed by atoms with van der Waals surface area (Å²) in [6.07, 6.45) is 3.00. The summed E-state index contributed by atoms with van der Waals surface area (Å²) in [4.78, 5) is 17.5. The van der Waals surface area contributed by atoms with E-state index in [0.717, 1.165) is 0 Å². The van der Waals surface area contributed by atoms with Crippen LogP contribution < -0.4 is 4.72 Å². The Labute approximate surface area is 119 Å². The molecule has 20 heavy (non-hydrogen) atoms. The van der Waals surface area contributed by atoms with Crippen molar-refractivity contribution in [3.8, 4) is 0 Å². The number of nitrogens with zero attached hydrogens (tertiary/aromatic N) is 2. The molecule has 0 radical (unpaired) electrons. The standard InChI is InChI=1S/C13H19N3O3S/c1-13(2,3)16-9-10(7-12(16)17)15-20(18,19)11-5-4-6-14-8-11/h4-6,8,10,15H,7,9H2,1-3H3. The van der Waals surface area contributed by atoms with Crippen LogP contribution in [0, 0.1) is 0 Å². The van der Waals surface area contributed by atoms with Gasteiger partial charge in [-0.05, 0) is 32.9 Å². The zero-order valence-corrected chi connectivity index (χ0v) is 12.6. The molecule has 7 heteroatoms. The molecule has 1 atom stereocenters. The van der Waals surface area contributed by atoms with Crippen molar-refractivity contribution in [2.24, 2.45) is 0 Å². The SMILES string of the molecule is CC(C)(C)N1CC(NS(=O)(=O)c2cccnc2)CC1=O. The molecule has 1 saturated heterocycles. The van der Waals surface area contributed by atoms with Crippen molar-refractivity contribution >= 4 is 15.9 Å². The number of carbonyl (C=O) groups is 1. The quantitative estimate of drug-likeness (QED) is 0.893. The number of aromatic nitrogens is 1. The Bertz CT molecular complexity index is 593. The zero-order chi connectivity index (χ0) is 15.0. The average molecular weight is 297 g/mol. The van der Waals surface area contributed by atoms with Gasteiger partial charge in [-0.25, -0.2) is 13.1 Å². The minimum Gasteiger partial charge on any atom is -0.336 e. The van der Waals surface area contributed by atoms with Crippen molar-refractivity contribution in [3.05, 3.63) is 24.5 Å². The minimum absolute atomic E-state index is 0.0311. The normalized spacial score (nSPS) is 20.4. The van der Waals surface area contributed by atoms with Crippen molar-refractivity contribution in [2.45, 2.75) is 43.7 Å². The summed E-state index contributed by atoms with van der Waals surface area (Å²) in [5.74, 6) is -0.0311. The lowest BCUT2D eigenvalue weighted by Crippen LogP contribution is -2.44. The van der Waals surface area contributed by atoms with E-state index in [1.807, 2.05) is 20.8 Å². The summed E-state index contributed by atoms with van der Waals surface area (Å²) in [5, 5.41) is 0. The van der Waals surface area contributed by atoms with Gasteiger partial charge in [0.15, 0.2) is 0 Å². The second-order valence-corrected chi connectivity index (χ2v) is 7.60. The number of carbonyl (C=O) groups excluding carboxylic acids is 1. The summed E-state index contributed by atoms with van der Waals surface area (Å²) in [6.45, 7) is 6.19. The number of likely N-dealkylation sites (tertiary alicyclic amines) is 1. The number of amides is 1. The van der Waals surface area contributed by atoms with Gasteiger partial charge in [0.2, 0.25) is 15.9 Å². The predicted octanol–water partition coefficient (Wildman–Crippen LogP) is 0.759. The zero-order valence-electron chi connectivity index (χ0n) is 11.8. The first-order chi connectivity index (χ1) is 9.20. The van der Waals surface area contributed by atoms with Gasteiger partial charge >= 0.3 is 0 Å². The lowest BCUT2D eigenvalue weighted by Gasteiger charge is -2.32. The Hall–Kier alpha value is -1.47. The third-order valence-corrected chi connectivity index (χ3v) is 4.71. The smallest absolute Gasteiger partial charge is 0.242 e. The van der Waals surface area contributed by atoms with Crippen LogP contribution in [0.15, 0.2) is 29.4 Å². The fourth-order valence-corrected chi connectivity index (χ4v) is 3.42. The van der Waals surface area contributed by atoms with Crippen LogP contribution in [0.3, 0.4) is 0 Å². The fraction of sp³-hybridized carbons (Fsp3) is 0.538. The molecule has 6 nitrogen and oxygen atoms in total. The van der Waals surface area contributed by atoms with E-state index in [9.17, 15) is 13.2 Å². The molecular weight excluding hydrogens is 278 g/mol. The highest BCUT2D eigenvalue weighted by atomic mass is 32.2. The number of pyridine rings is 1. The van der Waals surface area contributed by atoms with Gasteiger partial charge in [-0.2, -0.15) is 0 Å². The summed E-state index contributed by atoms with van der Waals surface area (Å²) in [7, 11) is -3.63. The molecule has 1 aromatic heterocycles. The van der Waals surface area contributed by atoms with Crippen LogP contribution >= 0.6 is 0 Å². The van der Waals surface area contributed by atoms with Crippen LogP contribution in [0.2, 0.25) is 0 Å². The number of nitrogens with one attached hydrogen (secondary N) is 1. The van der Waals surface area contributed by atoms with Gasteiger partial charge in [-0.15, -0.1) is 0 Å². The first-order valence-corrected chi connectivity index (χ1v) is 7.91. The van der Waals surface area contributed by atoms with Crippen LogP contribution in [-0.2, 0) is 14.8 Å². The highest BCUT2D eigenvalue weighted by molar-refractivity contribution is 7.89. The Kier molecular flexibility index (Phi) is 3.84. The monoisotopic (exact) mass is 297 g/mol. The molecule has 0 aromatic carbocycles. The highest BCUT2D eigenvalue weighted by Gasteiger charge is 2.37. The molecule has 1 fully saturated rings. The van der Waals surface area contributed by atoms with Crippen LogP contribution in [0.4, 0.5) is 0 Å². The third-order valence-electron chi connectivity index (χ3n) is 3.20. The molecule has 0 spiro atoms. The van der Waals surface area contributed by atoms with Crippen molar-refractivity contribution in [3.63, 3.8) is 0 Å². The van der Waals surface area contributed by atoms with E-state index in [2.05, 4.69) is 9.71 Å². The molecule has 2 heterocycles. The summed E-state index contributed by atoms with van der Waals surface area (Å²) in [6, 6.07) is 2.65. The lowest BCUT2D eigenvalue weighted by molar-refractivity contribution is -0.131. The summed E-state index contributed by atoms with van der Waals surface area (Å²) < 4.78 is 26.9. The molecule has 2 rings (SSSR count). The maximum absolute atomic E-state index is 12.2. The van der Waals surface area contributed by atoms with Crippen LogP contribution in [0.1, 0.15) is 27.2 Å². The van der Waals surface area contributed by atoms with Crippen molar-refractivity contribution in [1.29, 1.82) is 0 Å². The van der Waals surface area contributed by atoms with Crippen molar-refractivity contribution in [1.82, 2.24) is 14.6 Å². The number of hydrogen-bond donors (Lipinski definition) is 1. The van der Waals surface area contributed by atoms with E-state index in [-0.39, 0.29) is 22.8 Å². The van der Waals surface area contributed by atoms with E-state index < -0.39 is 16.1 Å². The fourth-order valence-electron chi connectivity index (χ4n) is 2.23. The second kappa shape index (κ2) is 5.14. The van der Waals surface area contributed by atoms with Crippen molar-refractivity contribution in [2.75, 3.05) is 6.54 Å². The molecule has 1 aromatic rings. The molecule has 1 aliphatic heterocycles. The topological polar surface area (TPSA) is 79.4 Å². The first kappa shape index (κ1) is 14.9. The molecule has 1 unspecified atom stereocenters. The molecule has 0 bridgehead atoms. The predicted molar refractivity (Wildman–Crippen MR) is 74.4 cm³/mol. The van der Waals surface area contributed by atoms with Gasteiger partial charge in [0.1, 0.15) is 4.90 Å². The largest absolute Gasteiger partial charge is 0.336 e. The van der Waals surface area contributed by atoms with Crippen LogP contribution in [0.25, 0.3) is 0 Å². The number of hydrogen-bond acceptors (Lipinski definition) is 4. The molecule has 0 saturated carbocycles.